The van der Waals surface area contributed by atoms with Crippen LogP contribution in [0.25, 0.3) is 17.1 Å². The van der Waals surface area contributed by atoms with E-state index in [1.54, 1.807) is 18.2 Å². The predicted octanol–water partition coefficient (Wildman–Crippen LogP) is 3.87. The fourth-order valence-electron chi connectivity index (χ4n) is 2.81. The summed E-state index contributed by atoms with van der Waals surface area (Å²) in [6.07, 6.45) is 1.81. The maximum Gasteiger partial charge on any atom is 0.251 e. The molecule has 0 spiro atoms. The van der Waals surface area contributed by atoms with Gasteiger partial charge in [0.15, 0.2) is 0 Å². The lowest BCUT2D eigenvalue weighted by molar-refractivity contribution is -0.118. The number of carbonyl (C=O) groups is 1. The molecule has 1 aliphatic heterocycles. The Morgan fingerprint density at radius 2 is 2.16 bits per heavy atom. The Labute approximate surface area is 149 Å². The summed E-state index contributed by atoms with van der Waals surface area (Å²) in [7, 11) is 0. The zero-order valence-electron chi connectivity index (χ0n) is 13.5. The molecule has 1 unspecified atom stereocenters. The third kappa shape index (κ3) is 3.10. The second-order valence-corrected chi connectivity index (χ2v) is 6.41. The van der Waals surface area contributed by atoms with Gasteiger partial charge in [0.25, 0.3) is 5.91 Å². The van der Waals surface area contributed by atoms with Crippen molar-refractivity contribution >= 4 is 34.6 Å². The Morgan fingerprint density at radius 1 is 1.32 bits per heavy atom. The minimum Gasteiger partial charge on any atom is -0.488 e. The zero-order valence-corrected chi connectivity index (χ0v) is 14.3. The smallest absolute Gasteiger partial charge is 0.251 e. The van der Waals surface area contributed by atoms with Crippen LogP contribution in [0.5, 0.6) is 5.75 Å². The Bertz CT molecular complexity index is 960. The summed E-state index contributed by atoms with van der Waals surface area (Å²) in [6.45, 7) is 2.12. The van der Waals surface area contributed by atoms with E-state index in [9.17, 15) is 4.79 Å². The van der Waals surface area contributed by atoms with Crippen molar-refractivity contribution in [3.63, 3.8) is 0 Å². The van der Waals surface area contributed by atoms with Crippen molar-refractivity contribution in [1.82, 2.24) is 15.3 Å². The molecule has 0 radical (unpaired) electrons. The number of aromatic nitrogens is 2. The SMILES string of the molecule is CC(NC(=O)C1=Cc2cc(Cl)ccc2OC1)c1nc2ccccc2[nH]1. The molecule has 1 aromatic heterocycles. The van der Waals surface area contributed by atoms with E-state index in [4.69, 9.17) is 16.3 Å². The standard InChI is InChI=1S/C19H16ClN3O2/c1-11(18-22-15-4-2-3-5-16(15)23-18)21-19(24)13-8-12-9-14(20)6-7-17(12)25-10-13/h2-9,11H,10H2,1H3,(H,21,24)(H,22,23). The first-order valence-corrected chi connectivity index (χ1v) is 8.36. The molecule has 2 heterocycles. The molecule has 1 atom stereocenters. The van der Waals surface area contributed by atoms with E-state index >= 15 is 0 Å². The van der Waals surface area contributed by atoms with E-state index in [0.717, 1.165) is 28.2 Å². The number of ether oxygens (including phenoxy) is 1. The van der Waals surface area contributed by atoms with Crippen molar-refractivity contribution in [3.8, 4) is 5.75 Å². The third-order valence-corrected chi connectivity index (χ3v) is 4.38. The second-order valence-electron chi connectivity index (χ2n) is 5.97. The monoisotopic (exact) mass is 353 g/mol. The molecular weight excluding hydrogens is 338 g/mol. The first-order chi connectivity index (χ1) is 12.1. The van der Waals surface area contributed by atoms with Gasteiger partial charge >= 0.3 is 0 Å². The molecule has 4 rings (SSSR count). The molecule has 6 heteroatoms. The van der Waals surface area contributed by atoms with Crippen molar-refractivity contribution in [2.75, 3.05) is 6.61 Å². The number of carbonyl (C=O) groups excluding carboxylic acids is 1. The number of para-hydroxylation sites is 2. The van der Waals surface area contributed by atoms with Crippen LogP contribution >= 0.6 is 11.6 Å². The topological polar surface area (TPSA) is 67.0 Å². The number of hydrogen-bond donors (Lipinski definition) is 2. The lowest BCUT2D eigenvalue weighted by atomic mass is 10.1. The van der Waals surface area contributed by atoms with Gasteiger partial charge in [0.1, 0.15) is 18.2 Å². The Kier molecular flexibility index (Phi) is 3.93. The van der Waals surface area contributed by atoms with E-state index in [1.807, 2.05) is 37.3 Å². The van der Waals surface area contributed by atoms with Crippen molar-refractivity contribution < 1.29 is 9.53 Å². The van der Waals surface area contributed by atoms with Gasteiger partial charge in [0.05, 0.1) is 22.6 Å². The molecule has 0 fully saturated rings. The highest BCUT2D eigenvalue weighted by atomic mass is 35.5. The lowest BCUT2D eigenvalue weighted by Gasteiger charge is -2.19. The molecule has 0 saturated heterocycles. The minimum absolute atomic E-state index is 0.182. The van der Waals surface area contributed by atoms with Crippen LogP contribution in [0, 0.1) is 0 Å². The highest BCUT2D eigenvalue weighted by Gasteiger charge is 2.20. The van der Waals surface area contributed by atoms with Crippen LogP contribution in [-0.4, -0.2) is 22.5 Å². The number of imidazole rings is 1. The molecular formula is C19H16ClN3O2. The molecule has 2 N–H and O–H groups in total. The van der Waals surface area contributed by atoms with Gasteiger partial charge in [-0.05, 0) is 43.3 Å². The molecule has 0 bridgehead atoms. The van der Waals surface area contributed by atoms with Crippen LogP contribution in [0.1, 0.15) is 24.4 Å². The molecule has 2 aromatic carbocycles. The van der Waals surface area contributed by atoms with Crippen LogP contribution in [0.3, 0.4) is 0 Å². The van der Waals surface area contributed by atoms with Crippen LogP contribution in [0.15, 0.2) is 48.0 Å². The summed E-state index contributed by atoms with van der Waals surface area (Å²) in [5, 5.41) is 3.57. The summed E-state index contributed by atoms with van der Waals surface area (Å²) in [5.41, 5.74) is 3.18. The van der Waals surface area contributed by atoms with Gasteiger partial charge in [0.2, 0.25) is 0 Å². The van der Waals surface area contributed by atoms with Gasteiger partial charge in [-0.3, -0.25) is 4.79 Å². The number of nitrogens with one attached hydrogen (secondary N) is 2. The number of H-pyrrole nitrogens is 1. The molecule has 0 aliphatic carbocycles. The molecule has 1 amide bonds. The number of rotatable bonds is 3. The van der Waals surface area contributed by atoms with Crippen LogP contribution in [0.4, 0.5) is 0 Å². The van der Waals surface area contributed by atoms with E-state index in [-0.39, 0.29) is 18.6 Å². The van der Waals surface area contributed by atoms with E-state index in [0.29, 0.717) is 10.6 Å². The number of halogens is 1. The van der Waals surface area contributed by atoms with E-state index < -0.39 is 0 Å². The number of amides is 1. The van der Waals surface area contributed by atoms with Crippen molar-refractivity contribution in [2.24, 2.45) is 0 Å². The Balaban J connectivity index is 1.53. The quantitative estimate of drug-likeness (QED) is 0.751. The fourth-order valence-corrected chi connectivity index (χ4v) is 3.00. The average molecular weight is 354 g/mol. The number of hydrogen-bond acceptors (Lipinski definition) is 3. The van der Waals surface area contributed by atoms with Crippen molar-refractivity contribution in [3.05, 3.63) is 64.4 Å². The number of benzene rings is 2. The first kappa shape index (κ1) is 15.7. The van der Waals surface area contributed by atoms with Gasteiger partial charge in [-0.1, -0.05) is 23.7 Å². The predicted molar refractivity (Wildman–Crippen MR) is 97.6 cm³/mol. The van der Waals surface area contributed by atoms with Gasteiger partial charge in [0, 0.05) is 10.6 Å². The number of aromatic amines is 1. The number of fused-ring (bicyclic) bond motifs is 2. The average Bonchev–Trinajstić information content (AvgIpc) is 3.05. The maximum atomic E-state index is 12.6. The molecule has 0 saturated carbocycles. The lowest BCUT2D eigenvalue weighted by Crippen LogP contribution is -2.31. The summed E-state index contributed by atoms with van der Waals surface area (Å²) >= 11 is 6.01. The highest BCUT2D eigenvalue weighted by molar-refractivity contribution is 6.30. The Morgan fingerprint density at radius 3 is 3.00 bits per heavy atom. The fraction of sp³-hybridized carbons (Fsp3) is 0.158. The minimum atomic E-state index is -0.249. The summed E-state index contributed by atoms with van der Waals surface area (Å²) in [6, 6.07) is 12.9. The van der Waals surface area contributed by atoms with Gasteiger partial charge < -0.3 is 15.0 Å². The van der Waals surface area contributed by atoms with Crippen molar-refractivity contribution in [2.45, 2.75) is 13.0 Å². The summed E-state index contributed by atoms with van der Waals surface area (Å²) < 4.78 is 5.64. The van der Waals surface area contributed by atoms with Crippen LogP contribution in [0.2, 0.25) is 5.02 Å². The molecule has 3 aromatic rings. The zero-order chi connectivity index (χ0) is 17.4. The first-order valence-electron chi connectivity index (χ1n) is 7.98. The summed E-state index contributed by atoms with van der Waals surface area (Å²) in [4.78, 5) is 20.3. The maximum absolute atomic E-state index is 12.6. The summed E-state index contributed by atoms with van der Waals surface area (Å²) in [5.74, 6) is 1.26. The third-order valence-electron chi connectivity index (χ3n) is 4.14. The largest absolute Gasteiger partial charge is 0.488 e. The van der Waals surface area contributed by atoms with E-state index in [2.05, 4.69) is 15.3 Å². The molecule has 25 heavy (non-hydrogen) atoms. The molecule has 126 valence electrons. The van der Waals surface area contributed by atoms with Gasteiger partial charge in [-0.15, -0.1) is 0 Å². The van der Waals surface area contributed by atoms with Crippen LogP contribution < -0.4 is 10.1 Å². The molecule has 1 aliphatic rings. The normalized spacial score (nSPS) is 14.4. The molecule has 5 nitrogen and oxygen atoms in total. The van der Waals surface area contributed by atoms with Crippen molar-refractivity contribution in [1.29, 1.82) is 0 Å². The van der Waals surface area contributed by atoms with E-state index in [1.165, 1.54) is 0 Å². The van der Waals surface area contributed by atoms with Gasteiger partial charge in [-0.25, -0.2) is 4.98 Å². The second kappa shape index (κ2) is 6.26. The van der Waals surface area contributed by atoms with Gasteiger partial charge in [-0.2, -0.15) is 0 Å². The van der Waals surface area contributed by atoms with Crippen LogP contribution in [-0.2, 0) is 4.79 Å². The highest BCUT2D eigenvalue weighted by Crippen LogP contribution is 2.29. The Hall–Kier alpha value is -2.79. The number of nitrogens with zero attached hydrogens (tertiary/aromatic N) is 1.